The predicted octanol–water partition coefficient (Wildman–Crippen LogP) is -2.87. The molecule has 6 heteroatoms. The molecular weight excluding hydrogens is 146 g/mol. The van der Waals surface area contributed by atoms with Gasteiger partial charge in [0.25, 0.3) is 0 Å². The van der Waals surface area contributed by atoms with E-state index < -0.39 is 22.0 Å². The third-order valence-electron chi connectivity index (χ3n) is 0.730. The van der Waals surface area contributed by atoms with E-state index in [2.05, 4.69) is 5.73 Å². The minimum Gasteiger partial charge on any atom is -0.748 e. The summed E-state index contributed by atoms with van der Waals surface area (Å²) in [6.45, 7) is 0.0431. The summed E-state index contributed by atoms with van der Waals surface area (Å²) in [7, 11) is -4.28. The second-order valence-electron chi connectivity index (χ2n) is 1.67. The molecule has 9 heavy (non-hydrogen) atoms. The van der Waals surface area contributed by atoms with E-state index in [0.717, 1.165) is 0 Å². The molecule has 0 bridgehead atoms. The van der Waals surface area contributed by atoms with Crippen LogP contribution in [-0.2, 0) is 10.1 Å². The van der Waals surface area contributed by atoms with Crippen LogP contribution in [0.2, 0.25) is 0 Å². The highest BCUT2D eigenvalue weighted by molar-refractivity contribution is 7.85. The molecule has 0 fully saturated rings. The van der Waals surface area contributed by atoms with Gasteiger partial charge >= 0.3 is 0 Å². The van der Waals surface area contributed by atoms with E-state index in [1.807, 2.05) is 0 Å². The van der Waals surface area contributed by atoms with Crippen molar-refractivity contribution in [3.63, 3.8) is 0 Å². The average Bonchev–Trinajstić information content (AvgIpc) is 1.62. The maximum absolute atomic E-state index is 9.86. The summed E-state index contributed by atoms with van der Waals surface area (Å²) in [6, 6.07) is 0. The van der Waals surface area contributed by atoms with Crippen molar-refractivity contribution in [2.75, 3.05) is 12.3 Å². The molecule has 0 rings (SSSR count). The fourth-order valence-corrected chi connectivity index (χ4v) is 0.957. The van der Waals surface area contributed by atoms with Crippen LogP contribution in [-0.4, -0.2) is 36.5 Å². The minimum absolute atomic E-state index is 0.0431. The summed E-state index contributed by atoms with van der Waals surface area (Å²) >= 11 is 0. The number of rotatable bonds is 3. The second kappa shape index (κ2) is 3.11. The Morgan fingerprint density at radius 3 is 2.22 bits per heavy atom. The maximum atomic E-state index is 9.86. The molecule has 0 aliphatic carbocycles. The van der Waals surface area contributed by atoms with Crippen LogP contribution in [0.5, 0.6) is 0 Å². The number of hydrogen-bond acceptors (Lipinski definition) is 4. The number of quaternary nitrogens is 1. The topological polar surface area (TPSA) is 105 Å². The van der Waals surface area contributed by atoms with Crippen molar-refractivity contribution in [1.29, 1.82) is 0 Å². The van der Waals surface area contributed by atoms with Crippen molar-refractivity contribution < 1.29 is 23.8 Å². The van der Waals surface area contributed by atoms with Gasteiger partial charge in [-0.15, -0.1) is 0 Å². The van der Waals surface area contributed by atoms with Gasteiger partial charge in [-0.05, 0) is 0 Å². The zero-order valence-electron chi connectivity index (χ0n) is 4.78. The van der Waals surface area contributed by atoms with Gasteiger partial charge in [0.1, 0.15) is 12.6 Å². The lowest BCUT2D eigenvalue weighted by Gasteiger charge is -2.08. The Bertz CT molecular complexity index is 163. The van der Waals surface area contributed by atoms with Crippen LogP contribution in [0.3, 0.4) is 0 Å². The van der Waals surface area contributed by atoms with Gasteiger partial charge in [-0.2, -0.15) is 0 Å². The monoisotopic (exact) mass is 155 g/mol. The van der Waals surface area contributed by atoms with Gasteiger partial charge in [-0.3, -0.25) is 0 Å². The molecule has 0 amide bonds. The summed E-state index contributed by atoms with van der Waals surface area (Å²) in [5.41, 5.74) is 3.22. The number of aliphatic hydroxyl groups is 1. The van der Waals surface area contributed by atoms with Crippen molar-refractivity contribution in [2.24, 2.45) is 0 Å². The molecule has 5 nitrogen and oxygen atoms in total. The van der Waals surface area contributed by atoms with E-state index in [4.69, 9.17) is 5.11 Å². The van der Waals surface area contributed by atoms with E-state index >= 15 is 0 Å². The summed E-state index contributed by atoms with van der Waals surface area (Å²) in [5.74, 6) is -0.740. The largest absolute Gasteiger partial charge is 0.748 e. The fraction of sp³-hybridized carbons (Fsp3) is 1.00. The quantitative estimate of drug-likeness (QED) is 0.427. The summed E-state index contributed by atoms with van der Waals surface area (Å²) in [4.78, 5) is 0. The number of hydrogen-bond donors (Lipinski definition) is 2. The van der Waals surface area contributed by atoms with Gasteiger partial charge < -0.3 is 15.4 Å². The van der Waals surface area contributed by atoms with Crippen LogP contribution in [0.15, 0.2) is 0 Å². The molecule has 4 N–H and O–H groups in total. The Labute approximate surface area is 53.2 Å². The molecule has 0 spiro atoms. The van der Waals surface area contributed by atoms with Crippen molar-refractivity contribution in [3.8, 4) is 0 Å². The molecule has 1 atom stereocenters. The van der Waals surface area contributed by atoms with Crippen molar-refractivity contribution in [2.45, 2.75) is 6.10 Å². The fourth-order valence-electron chi connectivity index (χ4n) is 0.319. The van der Waals surface area contributed by atoms with E-state index in [-0.39, 0.29) is 6.54 Å². The predicted molar refractivity (Wildman–Crippen MR) is 28.3 cm³/mol. The Balaban J connectivity index is 3.75. The van der Waals surface area contributed by atoms with Crippen molar-refractivity contribution in [1.82, 2.24) is 0 Å². The lowest BCUT2D eigenvalue weighted by Crippen LogP contribution is -2.57. The van der Waals surface area contributed by atoms with E-state index in [1.165, 1.54) is 0 Å². The molecule has 56 valence electrons. The van der Waals surface area contributed by atoms with E-state index in [1.54, 1.807) is 0 Å². The molecule has 0 aliphatic heterocycles. The molecule has 0 aliphatic rings. The van der Waals surface area contributed by atoms with E-state index in [9.17, 15) is 13.0 Å². The maximum Gasteiger partial charge on any atom is 0.115 e. The Morgan fingerprint density at radius 1 is 1.67 bits per heavy atom. The third kappa shape index (κ3) is 5.71. The van der Waals surface area contributed by atoms with Crippen LogP contribution in [0.1, 0.15) is 0 Å². The summed E-state index contributed by atoms with van der Waals surface area (Å²) < 4.78 is 29.6. The Morgan fingerprint density at radius 2 is 2.11 bits per heavy atom. The molecule has 0 aromatic heterocycles. The van der Waals surface area contributed by atoms with Crippen LogP contribution < -0.4 is 5.73 Å². The molecule has 0 aromatic carbocycles. The molecule has 1 unspecified atom stereocenters. The Hall–Kier alpha value is -0.170. The van der Waals surface area contributed by atoms with Gasteiger partial charge in [0, 0.05) is 0 Å². The minimum atomic E-state index is -4.28. The van der Waals surface area contributed by atoms with Crippen molar-refractivity contribution in [3.05, 3.63) is 0 Å². The van der Waals surface area contributed by atoms with Crippen LogP contribution in [0, 0.1) is 0 Å². The smallest absolute Gasteiger partial charge is 0.115 e. The third-order valence-corrected chi connectivity index (χ3v) is 1.52. The highest BCUT2D eigenvalue weighted by Gasteiger charge is 2.06. The molecule has 0 heterocycles. The van der Waals surface area contributed by atoms with Crippen LogP contribution >= 0.6 is 0 Å². The highest BCUT2D eigenvalue weighted by Crippen LogP contribution is 1.85. The first-order valence-corrected chi connectivity index (χ1v) is 3.94. The SMILES string of the molecule is [NH3+]CC(O)CS(=O)(=O)[O-]. The van der Waals surface area contributed by atoms with Gasteiger partial charge in [0.15, 0.2) is 0 Å². The average molecular weight is 155 g/mol. The second-order valence-corrected chi connectivity index (χ2v) is 3.12. The zero-order valence-corrected chi connectivity index (χ0v) is 5.60. The molecule has 0 radical (unpaired) electrons. The highest BCUT2D eigenvalue weighted by atomic mass is 32.2. The first kappa shape index (κ1) is 8.83. The zero-order chi connectivity index (χ0) is 7.49. The summed E-state index contributed by atoms with van der Waals surface area (Å²) in [6.07, 6.45) is -1.12. The molecular formula is C3H9NO4S. The molecule has 0 saturated heterocycles. The molecule has 0 saturated carbocycles. The Kier molecular flexibility index (Phi) is 3.06. The standard InChI is InChI=1S/C3H9NO4S/c4-1-3(5)2-9(6,7)8/h3,5H,1-2,4H2,(H,6,7,8). The first-order chi connectivity index (χ1) is 3.95. The van der Waals surface area contributed by atoms with Gasteiger partial charge in [-0.1, -0.05) is 0 Å². The van der Waals surface area contributed by atoms with Crippen molar-refractivity contribution >= 4 is 10.1 Å². The lowest BCUT2D eigenvalue weighted by molar-refractivity contribution is -0.381. The van der Waals surface area contributed by atoms with E-state index in [0.29, 0.717) is 0 Å². The van der Waals surface area contributed by atoms with Gasteiger partial charge in [0.2, 0.25) is 0 Å². The summed E-state index contributed by atoms with van der Waals surface area (Å²) in [5, 5.41) is 8.55. The van der Waals surface area contributed by atoms with Gasteiger partial charge in [-0.25, -0.2) is 8.42 Å². The molecule has 0 aromatic rings. The number of aliphatic hydroxyl groups excluding tert-OH is 1. The van der Waals surface area contributed by atoms with Gasteiger partial charge in [0.05, 0.1) is 15.9 Å². The van der Waals surface area contributed by atoms with Crippen LogP contribution in [0.25, 0.3) is 0 Å². The normalized spacial score (nSPS) is 15.4. The van der Waals surface area contributed by atoms with Crippen LogP contribution in [0.4, 0.5) is 0 Å². The lowest BCUT2D eigenvalue weighted by atomic mass is 10.4. The first-order valence-electron chi connectivity index (χ1n) is 2.36.